The summed E-state index contributed by atoms with van der Waals surface area (Å²) in [5.41, 5.74) is 1.04. The summed E-state index contributed by atoms with van der Waals surface area (Å²) in [5, 5.41) is 7.12. The van der Waals surface area contributed by atoms with Crippen molar-refractivity contribution in [1.82, 2.24) is 19.4 Å². The van der Waals surface area contributed by atoms with Gasteiger partial charge in [0, 0.05) is 26.2 Å². The molecule has 0 bridgehead atoms. The summed E-state index contributed by atoms with van der Waals surface area (Å²) in [4.78, 5) is 29.8. The molecule has 2 aromatic rings. The molecule has 4 rings (SSSR count). The van der Waals surface area contributed by atoms with Gasteiger partial charge in [-0.3, -0.25) is 9.69 Å². The molecule has 0 aromatic carbocycles. The van der Waals surface area contributed by atoms with Gasteiger partial charge in [-0.15, -0.1) is 0 Å². The maximum absolute atomic E-state index is 12.1. The molecule has 0 saturated carbocycles. The van der Waals surface area contributed by atoms with Crippen molar-refractivity contribution in [3.05, 3.63) is 41.9 Å². The Kier molecular flexibility index (Phi) is 8.14. The molecule has 0 spiro atoms. The third-order valence-corrected chi connectivity index (χ3v) is 5.62. The van der Waals surface area contributed by atoms with Gasteiger partial charge in [0.25, 0.3) is 0 Å². The third kappa shape index (κ3) is 6.57. The number of carbonyl (C=O) groups is 2. The Bertz CT molecular complexity index is 923. The van der Waals surface area contributed by atoms with Crippen LogP contribution in [0.4, 0.5) is 13.2 Å². The first kappa shape index (κ1) is 24.8. The van der Waals surface area contributed by atoms with Crippen molar-refractivity contribution in [3.8, 4) is 0 Å². The van der Waals surface area contributed by atoms with Gasteiger partial charge < -0.3 is 23.7 Å². The van der Waals surface area contributed by atoms with Crippen LogP contribution in [0.15, 0.2) is 29.0 Å². The fourth-order valence-corrected chi connectivity index (χ4v) is 3.84. The minimum atomic E-state index is -5.08. The van der Waals surface area contributed by atoms with E-state index < -0.39 is 12.1 Å². The standard InChI is InChI=1S/C19H26N4O3.C2HF3O2/c1-15-19-20-11-16(13-25-14-18(24)21-6-2-3-7-21)23(19)9-8-22(15)12-17-5-4-10-26-17;3-2(4,5)1(6)7/h4-5,10-11,15H,2-3,6-9,12-14H2,1H3;(H,6,7). The number of fused-ring (bicyclic) bond motifs is 1. The average Bonchev–Trinajstić information content (AvgIpc) is 3.52. The van der Waals surface area contributed by atoms with Crippen LogP contribution in [0, 0.1) is 0 Å². The molecule has 0 radical (unpaired) electrons. The summed E-state index contributed by atoms with van der Waals surface area (Å²) in [5.74, 6) is -0.639. The van der Waals surface area contributed by atoms with Crippen LogP contribution in [0.5, 0.6) is 0 Å². The number of hydrogen-bond acceptors (Lipinski definition) is 6. The van der Waals surface area contributed by atoms with E-state index in [9.17, 15) is 18.0 Å². The predicted octanol–water partition coefficient (Wildman–Crippen LogP) is 2.83. The molecule has 2 aliphatic heterocycles. The molecule has 1 amide bonds. The zero-order valence-electron chi connectivity index (χ0n) is 18.3. The summed E-state index contributed by atoms with van der Waals surface area (Å²) in [6.45, 7) is 7.09. The van der Waals surface area contributed by atoms with Crippen LogP contribution in [0.25, 0.3) is 0 Å². The van der Waals surface area contributed by atoms with Gasteiger partial charge in [0.2, 0.25) is 5.91 Å². The van der Waals surface area contributed by atoms with E-state index in [0.29, 0.717) is 6.61 Å². The summed E-state index contributed by atoms with van der Waals surface area (Å²) in [7, 11) is 0. The maximum Gasteiger partial charge on any atom is 0.490 e. The number of halogens is 3. The van der Waals surface area contributed by atoms with Gasteiger partial charge in [0.1, 0.15) is 18.2 Å². The molecule has 1 unspecified atom stereocenters. The van der Waals surface area contributed by atoms with Crippen molar-refractivity contribution in [3.63, 3.8) is 0 Å². The molecule has 9 nitrogen and oxygen atoms in total. The normalized spacial score (nSPS) is 18.5. The molecule has 1 saturated heterocycles. The van der Waals surface area contributed by atoms with Crippen molar-refractivity contribution in [2.24, 2.45) is 0 Å². The molecule has 1 atom stereocenters. The zero-order chi connectivity index (χ0) is 24.0. The Morgan fingerprint density at radius 1 is 1.24 bits per heavy atom. The van der Waals surface area contributed by atoms with E-state index in [4.69, 9.17) is 19.1 Å². The Morgan fingerprint density at radius 3 is 2.55 bits per heavy atom. The lowest BCUT2D eigenvalue weighted by Crippen LogP contribution is -2.37. The Labute approximate surface area is 188 Å². The summed E-state index contributed by atoms with van der Waals surface area (Å²) in [6, 6.07) is 4.14. The Balaban J connectivity index is 0.000000383. The third-order valence-electron chi connectivity index (χ3n) is 5.62. The van der Waals surface area contributed by atoms with Crippen molar-refractivity contribution in [2.45, 2.75) is 51.7 Å². The topological polar surface area (TPSA) is 101 Å². The van der Waals surface area contributed by atoms with E-state index in [1.807, 2.05) is 23.2 Å². The Hall–Kier alpha value is -2.86. The van der Waals surface area contributed by atoms with Crippen molar-refractivity contribution >= 4 is 11.9 Å². The second-order valence-electron chi connectivity index (χ2n) is 7.87. The van der Waals surface area contributed by atoms with Gasteiger partial charge in [-0.2, -0.15) is 13.2 Å². The largest absolute Gasteiger partial charge is 0.490 e. The van der Waals surface area contributed by atoms with Gasteiger partial charge in [0.15, 0.2) is 0 Å². The molecular formula is C21H27F3N4O5. The minimum Gasteiger partial charge on any atom is -0.475 e. The van der Waals surface area contributed by atoms with Crippen molar-refractivity contribution in [1.29, 1.82) is 0 Å². The highest BCUT2D eigenvalue weighted by atomic mass is 19.4. The summed E-state index contributed by atoms with van der Waals surface area (Å²) < 4.78 is 45.1. The van der Waals surface area contributed by atoms with E-state index in [-0.39, 0.29) is 18.6 Å². The van der Waals surface area contributed by atoms with Gasteiger partial charge in [-0.1, -0.05) is 0 Å². The summed E-state index contributed by atoms with van der Waals surface area (Å²) in [6.07, 6.45) is 0.717. The molecule has 1 fully saturated rings. The smallest absolute Gasteiger partial charge is 0.475 e. The first-order chi connectivity index (χ1) is 15.7. The van der Waals surface area contributed by atoms with E-state index in [1.165, 1.54) is 0 Å². The lowest BCUT2D eigenvalue weighted by atomic mass is 10.2. The van der Waals surface area contributed by atoms with Crippen LogP contribution in [0.3, 0.4) is 0 Å². The van der Waals surface area contributed by atoms with E-state index in [0.717, 1.165) is 62.8 Å². The van der Waals surface area contributed by atoms with Crippen LogP contribution in [-0.4, -0.2) is 68.8 Å². The number of alkyl halides is 3. The Morgan fingerprint density at radius 2 is 1.94 bits per heavy atom. The number of amides is 1. The number of carboxylic acids is 1. The average molecular weight is 472 g/mol. The number of carbonyl (C=O) groups excluding carboxylic acids is 1. The number of likely N-dealkylation sites (tertiary alicyclic amines) is 1. The first-order valence-electron chi connectivity index (χ1n) is 10.6. The van der Waals surface area contributed by atoms with Crippen molar-refractivity contribution < 1.29 is 37.0 Å². The molecule has 1 N–H and O–H groups in total. The summed E-state index contributed by atoms with van der Waals surface area (Å²) >= 11 is 0. The quantitative estimate of drug-likeness (QED) is 0.690. The molecular weight excluding hydrogens is 445 g/mol. The van der Waals surface area contributed by atoms with E-state index in [2.05, 4.69) is 21.4 Å². The number of imidazole rings is 1. The van der Waals surface area contributed by atoms with Crippen LogP contribution in [0.1, 0.15) is 43.1 Å². The number of hydrogen-bond donors (Lipinski definition) is 1. The number of nitrogens with zero attached hydrogens (tertiary/aromatic N) is 4. The van der Waals surface area contributed by atoms with Crippen molar-refractivity contribution in [2.75, 3.05) is 26.2 Å². The second kappa shape index (κ2) is 10.8. The first-order valence-corrected chi connectivity index (χ1v) is 10.6. The fraction of sp³-hybridized carbons (Fsp3) is 0.571. The van der Waals surface area contributed by atoms with E-state index >= 15 is 0 Å². The number of furan rings is 1. The lowest BCUT2D eigenvalue weighted by Gasteiger charge is -2.33. The molecule has 0 aliphatic carbocycles. The highest BCUT2D eigenvalue weighted by Gasteiger charge is 2.38. The SMILES string of the molecule is CC1c2ncc(COCC(=O)N3CCCC3)n2CCN1Cc1ccco1.O=C(O)C(F)(F)F. The number of ether oxygens (including phenoxy) is 1. The molecule has 182 valence electrons. The van der Waals surface area contributed by atoms with Gasteiger partial charge in [-0.05, 0) is 31.9 Å². The number of aliphatic carboxylic acids is 1. The van der Waals surface area contributed by atoms with E-state index in [1.54, 1.807) is 6.26 Å². The number of rotatable bonds is 6. The van der Waals surface area contributed by atoms with Crippen LogP contribution in [-0.2, 0) is 34.0 Å². The molecule has 33 heavy (non-hydrogen) atoms. The highest BCUT2D eigenvalue weighted by molar-refractivity contribution is 5.77. The van der Waals surface area contributed by atoms with Crippen LogP contribution in [0.2, 0.25) is 0 Å². The molecule has 2 aliphatic rings. The molecule has 4 heterocycles. The van der Waals surface area contributed by atoms with Crippen LogP contribution >= 0.6 is 0 Å². The van der Waals surface area contributed by atoms with Gasteiger partial charge in [0.05, 0.1) is 37.3 Å². The number of carboxylic acid groups (broad SMARTS) is 1. The minimum absolute atomic E-state index is 0.0962. The second-order valence-corrected chi connectivity index (χ2v) is 7.87. The lowest BCUT2D eigenvalue weighted by molar-refractivity contribution is -0.192. The zero-order valence-corrected chi connectivity index (χ0v) is 18.3. The molecule has 12 heteroatoms. The monoisotopic (exact) mass is 472 g/mol. The number of aromatic nitrogens is 2. The molecule has 2 aromatic heterocycles. The highest BCUT2D eigenvalue weighted by Crippen LogP contribution is 2.27. The maximum atomic E-state index is 12.1. The van der Waals surface area contributed by atoms with Crippen LogP contribution < -0.4 is 0 Å². The van der Waals surface area contributed by atoms with Gasteiger partial charge in [-0.25, -0.2) is 9.78 Å². The fourth-order valence-electron chi connectivity index (χ4n) is 3.84. The van der Waals surface area contributed by atoms with Gasteiger partial charge >= 0.3 is 12.1 Å². The predicted molar refractivity (Wildman–Crippen MR) is 109 cm³/mol.